The van der Waals surface area contributed by atoms with Crippen LogP contribution in [0, 0.1) is 0 Å². The number of guanidine groups is 1. The summed E-state index contributed by atoms with van der Waals surface area (Å²) < 4.78 is 1.21. The molecule has 0 aliphatic carbocycles. The maximum Gasteiger partial charge on any atom is 0.191 e. The number of aliphatic hydroxyl groups excluding tert-OH is 1. The van der Waals surface area contributed by atoms with Gasteiger partial charge in [0.2, 0.25) is 0 Å². The minimum Gasteiger partial charge on any atom is -0.386 e. The smallest absolute Gasteiger partial charge is 0.191 e. The van der Waals surface area contributed by atoms with E-state index in [0.29, 0.717) is 6.54 Å². The van der Waals surface area contributed by atoms with Gasteiger partial charge in [-0.15, -0.1) is 11.3 Å². The van der Waals surface area contributed by atoms with Crippen LogP contribution in [0.3, 0.4) is 0 Å². The fourth-order valence-corrected chi connectivity index (χ4v) is 3.16. The fraction of sp³-hybridized carbons (Fsp3) is 0.357. The molecule has 1 unspecified atom stereocenters. The first-order valence-corrected chi connectivity index (χ1v) is 7.33. The SMILES string of the molecule is OC(CNC1=NCCCN1)c1cc2ccccc2s1. The average molecular weight is 275 g/mol. The van der Waals surface area contributed by atoms with Crippen molar-refractivity contribution in [2.24, 2.45) is 4.99 Å². The number of thiophene rings is 1. The summed E-state index contributed by atoms with van der Waals surface area (Å²) in [5.41, 5.74) is 0. The van der Waals surface area contributed by atoms with Crippen LogP contribution in [-0.2, 0) is 0 Å². The Morgan fingerprint density at radius 1 is 1.42 bits per heavy atom. The number of fused-ring (bicyclic) bond motifs is 1. The molecular weight excluding hydrogens is 258 g/mol. The Morgan fingerprint density at radius 2 is 2.32 bits per heavy atom. The second-order valence-electron chi connectivity index (χ2n) is 4.59. The number of nitrogens with zero attached hydrogens (tertiary/aromatic N) is 1. The Balaban J connectivity index is 1.66. The number of nitrogens with one attached hydrogen (secondary N) is 2. The lowest BCUT2D eigenvalue weighted by Crippen LogP contribution is -2.42. The molecule has 0 radical (unpaired) electrons. The van der Waals surface area contributed by atoms with Crippen LogP contribution in [0.1, 0.15) is 17.4 Å². The number of benzene rings is 1. The van der Waals surface area contributed by atoms with Gasteiger partial charge in [0, 0.05) is 29.2 Å². The molecule has 1 atom stereocenters. The molecule has 1 aliphatic heterocycles. The van der Waals surface area contributed by atoms with Crippen LogP contribution < -0.4 is 10.6 Å². The number of hydrogen-bond donors (Lipinski definition) is 3. The lowest BCUT2D eigenvalue weighted by Gasteiger charge is -2.17. The zero-order chi connectivity index (χ0) is 13.1. The molecule has 1 aliphatic rings. The molecule has 1 aromatic carbocycles. The molecule has 19 heavy (non-hydrogen) atoms. The molecule has 0 bridgehead atoms. The Morgan fingerprint density at radius 3 is 3.11 bits per heavy atom. The molecule has 0 amide bonds. The summed E-state index contributed by atoms with van der Waals surface area (Å²) in [7, 11) is 0. The van der Waals surface area contributed by atoms with E-state index in [1.165, 1.54) is 10.1 Å². The van der Waals surface area contributed by atoms with Gasteiger partial charge in [0.15, 0.2) is 5.96 Å². The average Bonchev–Trinajstić information content (AvgIpc) is 2.90. The maximum absolute atomic E-state index is 10.2. The number of hydrogen-bond acceptors (Lipinski definition) is 5. The second-order valence-corrected chi connectivity index (χ2v) is 5.71. The zero-order valence-corrected chi connectivity index (χ0v) is 11.4. The largest absolute Gasteiger partial charge is 0.386 e. The van der Waals surface area contributed by atoms with Crippen molar-refractivity contribution in [2.45, 2.75) is 12.5 Å². The first-order valence-electron chi connectivity index (χ1n) is 6.52. The van der Waals surface area contributed by atoms with E-state index in [-0.39, 0.29) is 0 Å². The van der Waals surface area contributed by atoms with Crippen LogP contribution in [-0.4, -0.2) is 30.7 Å². The molecule has 0 spiro atoms. The van der Waals surface area contributed by atoms with Crippen molar-refractivity contribution in [3.05, 3.63) is 35.2 Å². The third kappa shape index (κ3) is 2.88. The quantitative estimate of drug-likeness (QED) is 0.801. The highest BCUT2D eigenvalue weighted by Crippen LogP contribution is 2.29. The van der Waals surface area contributed by atoms with Gasteiger partial charge in [-0.3, -0.25) is 4.99 Å². The fourth-order valence-electron chi connectivity index (χ4n) is 2.11. The van der Waals surface area contributed by atoms with Crippen LogP contribution >= 0.6 is 11.3 Å². The molecule has 2 aromatic rings. The third-order valence-corrected chi connectivity index (χ3v) is 4.35. The van der Waals surface area contributed by atoms with Crippen molar-refractivity contribution in [2.75, 3.05) is 19.6 Å². The highest BCUT2D eigenvalue weighted by molar-refractivity contribution is 7.19. The zero-order valence-electron chi connectivity index (χ0n) is 10.6. The van der Waals surface area contributed by atoms with Crippen molar-refractivity contribution >= 4 is 27.4 Å². The molecule has 0 saturated carbocycles. The predicted molar refractivity (Wildman–Crippen MR) is 79.7 cm³/mol. The molecule has 4 nitrogen and oxygen atoms in total. The Bertz CT molecular complexity index is 560. The molecule has 3 rings (SSSR count). The Hall–Kier alpha value is -1.59. The molecule has 100 valence electrons. The van der Waals surface area contributed by atoms with Crippen LogP contribution in [0.15, 0.2) is 35.3 Å². The maximum atomic E-state index is 10.2. The molecule has 0 fully saturated rings. The summed E-state index contributed by atoms with van der Waals surface area (Å²) in [6, 6.07) is 10.2. The first kappa shape index (κ1) is 12.4. The predicted octanol–water partition coefficient (Wildman–Crippen LogP) is 1.87. The lowest BCUT2D eigenvalue weighted by atomic mass is 10.2. The minimum atomic E-state index is -0.496. The van der Waals surface area contributed by atoms with Crippen molar-refractivity contribution in [3.8, 4) is 0 Å². The molecule has 5 heteroatoms. The van der Waals surface area contributed by atoms with Gasteiger partial charge in [-0.2, -0.15) is 0 Å². The van der Waals surface area contributed by atoms with Crippen molar-refractivity contribution in [1.82, 2.24) is 10.6 Å². The molecular formula is C14H17N3OS. The third-order valence-electron chi connectivity index (χ3n) is 3.13. The van der Waals surface area contributed by atoms with E-state index in [1.807, 2.05) is 12.1 Å². The van der Waals surface area contributed by atoms with Crippen molar-refractivity contribution in [1.29, 1.82) is 0 Å². The van der Waals surface area contributed by atoms with E-state index in [9.17, 15) is 5.11 Å². The number of aliphatic imine (C=N–C) groups is 1. The van der Waals surface area contributed by atoms with Gasteiger partial charge in [-0.1, -0.05) is 18.2 Å². The van der Waals surface area contributed by atoms with Crippen LogP contribution in [0.2, 0.25) is 0 Å². The van der Waals surface area contributed by atoms with Gasteiger partial charge >= 0.3 is 0 Å². The summed E-state index contributed by atoms with van der Waals surface area (Å²) in [6.07, 6.45) is 0.577. The number of rotatable bonds is 3. The summed E-state index contributed by atoms with van der Waals surface area (Å²) in [5, 5.41) is 17.8. The van der Waals surface area contributed by atoms with Gasteiger partial charge in [0.25, 0.3) is 0 Å². The standard InChI is InChI=1S/C14H17N3OS/c18-11(9-17-14-15-6-3-7-16-14)13-8-10-4-1-2-5-12(10)19-13/h1-2,4-5,8,11,18H,3,6-7,9H2,(H2,15,16,17). The highest BCUT2D eigenvalue weighted by Gasteiger charge is 2.12. The van der Waals surface area contributed by atoms with E-state index < -0.39 is 6.10 Å². The highest BCUT2D eigenvalue weighted by atomic mass is 32.1. The van der Waals surface area contributed by atoms with E-state index in [0.717, 1.165) is 30.3 Å². The minimum absolute atomic E-state index is 0.485. The van der Waals surface area contributed by atoms with Gasteiger partial charge in [-0.05, 0) is 23.9 Å². The molecule has 3 N–H and O–H groups in total. The normalized spacial score (nSPS) is 16.8. The molecule has 1 aromatic heterocycles. The summed E-state index contributed by atoms with van der Waals surface area (Å²) in [6.45, 7) is 2.29. The van der Waals surface area contributed by atoms with Crippen LogP contribution in [0.4, 0.5) is 0 Å². The van der Waals surface area contributed by atoms with E-state index in [1.54, 1.807) is 11.3 Å². The Kier molecular flexibility index (Phi) is 3.66. The van der Waals surface area contributed by atoms with Gasteiger partial charge in [0.05, 0.1) is 0 Å². The van der Waals surface area contributed by atoms with Crippen LogP contribution in [0.5, 0.6) is 0 Å². The van der Waals surface area contributed by atoms with Gasteiger partial charge < -0.3 is 15.7 Å². The summed E-state index contributed by atoms with van der Waals surface area (Å²) in [5.74, 6) is 0.798. The first-order chi connectivity index (χ1) is 9.33. The van der Waals surface area contributed by atoms with Crippen LogP contribution in [0.25, 0.3) is 10.1 Å². The number of aliphatic hydroxyl groups is 1. The molecule has 2 heterocycles. The molecule has 0 saturated heterocycles. The van der Waals surface area contributed by atoms with E-state index in [2.05, 4.69) is 33.8 Å². The Labute approximate surface area is 116 Å². The van der Waals surface area contributed by atoms with Crippen molar-refractivity contribution in [3.63, 3.8) is 0 Å². The monoisotopic (exact) mass is 275 g/mol. The second kappa shape index (κ2) is 5.59. The van der Waals surface area contributed by atoms with Gasteiger partial charge in [-0.25, -0.2) is 0 Å². The van der Waals surface area contributed by atoms with Crippen molar-refractivity contribution < 1.29 is 5.11 Å². The summed E-state index contributed by atoms with van der Waals surface area (Å²) in [4.78, 5) is 5.32. The topological polar surface area (TPSA) is 56.6 Å². The van der Waals surface area contributed by atoms with Gasteiger partial charge in [0.1, 0.15) is 6.10 Å². The van der Waals surface area contributed by atoms with E-state index >= 15 is 0 Å². The van der Waals surface area contributed by atoms with E-state index in [4.69, 9.17) is 0 Å². The summed E-state index contributed by atoms with van der Waals surface area (Å²) >= 11 is 1.64. The lowest BCUT2D eigenvalue weighted by molar-refractivity contribution is 0.184.